The normalized spacial score (nSPS) is 13.2. The van der Waals surface area contributed by atoms with E-state index in [0.717, 1.165) is 12.0 Å². The number of amides is 1. The zero-order chi connectivity index (χ0) is 14.6. The maximum Gasteiger partial charge on any atom is 0.254 e. The molecule has 0 aliphatic carbocycles. The molecule has 0 bridgehead atoms. The van der Waals surface area contributed by atoms with Gasteiger partial charge < -0.3 is 5.32 Å². The number of rotatable bonds is 4. The smallest absolute Gasteiger partial charge is 0.254 e. The summed E-state index contributed by atoms with van der Waals surface area (Å²) in [6, 6.07) is 4.54. The van der Waals surface area contributed by atoms with E-state index in [0.29, 0.717) is 6.54 Å². The van der Waals surface area contributed by atoms with Crippen LogP contribution < -0.4 is 5.32 Å². The molecule has 106 valence electrons. The predicted molar refractivity (Wildman–Crippen MR) is 80.3 cm³/mol. The highest BCUT2D eigenvalue weighted by molar-refractivity contribution is 9.09. The van der Waals surface area contributed by atoms with Crippen LogP contribution in [0.15, 0.2) is 18.2 Å². The topological polar surface area (TPSA) is 29.1 Å². The van der Waals surface area contributed by atoms with Crippen LogP contribution in [0, 0.1) is 18.2 Å². The molecule has 0 spiro atoms. The lowest BCUT2D eigenvalue weighted by Crippen LogP contribution is -2.32. The van der Waals surface area contributed by atoms with Crippen molar-refractivity contribution in [2.24, 2.45) is 5.41 Å². The minimum absolute atomic E-state index is 0.107. The summed E-state index contributed by atoms with van der Waals surface area (Å²) in [5.74, 6) is -0.843. The van der Waals surface area contributed by atoms with Gasteiger partial charge in [0.05, 0.1) is 5.56 Å². The third kappa shape index (κ3) is 5.72. The van der Waals surface area contributed by atoms with Crippen LogP contribution in [-0.4, -0.2) is 17.3 Å². The molecule has 0 aliphatic heterocycles. The molecule has 1 unspecified atom stereocenters. The molecular formula is C15H21BrFNO. The fourth-order valence-electron chi connectivity index (χ4n) is 1.85. The second-order valence-corrected chi connectivity index (χ2v) is 7.35. The number of benzene rings is 1. The van der Waals surface area contributed by atoms with Gasteiger partial charge in [-0.25, -0.2) is 4.39 Å². The van der Waals surface area contributed by atoms with Crippen molar-refractivity contribution in [2.45, 2.75) is 38.9 Å². The first-order chi connectivity index (χ1) is 8.69. The Bertz CT molecular complexity index is 454. The van der Waals surface area contributed by atoms with E-state index in [4.69, 9.17) is 0 Å². The lowest BCUT2D eigenvalue weighted by atomic mass is 9.90. The summed E-state index contributed by atoms with van der Waals surface area (Å²) in [4.78, 5) is 12.1. The summed E-state index contributed by atoms with van der Waals surface area (Å²) >= 11 is 3.54. The molecule has 1 atom stereocenters. The summed E-state index contributed by atoms with van der Waals surface area (Å²) < 4.78 is 13.5. The van der Waals surface area contributed by atoms with E-state index in [-0.39, 0.29) is 21.7 Å². The van der Waals surface area contributed by atoms with Gasteiger partial charge in [-0.1, -0.05) is 48.3 Å². The van der Waals surface area contributed by atoms with Gasteiger partial charge in [0, 0.05) is 11.4 Å². The molecule has 0 fully saturated rings. The Morgan fingerprint density at radius 1 is 1.42 bits per heavy atom. The maximum absolute atomic E-state index is 13.5. The monoisotopic (exact) mass is 329 g/mol. The second-order valence-electron chi connectivity index (χ2n) is 6.06. The van der Waals surface area contributed by atoms with Crippen molar-refractivity contribution in [3.8, 4) is 0 Å². The first kappa shape index (κ1) is 16.2. The molecule has 1 aromatic carbocycles. The third-order valence-electron chi connectivity index (χ3n) is 2.68. The fourth-order valence-corrected chi connectivity index (χ4v) is 2.98. The van der Waals surface area contributed by atoms with Gasteiger partial charge in [-0.3, -0.25) is 4.79 Å². The van der Waals surface area contributed by atoms with Gasteiger partial charge in [0.25, 0.3) is 5.91 Å². The average molecular weight is 330 g/mol. The summed E-state index contributed by atoms with van der Waals surface area (Å²) in [7, 11) is 0. The van der Waals surface area contributed by atoms with Crippen molar-refractivity contribution in [2.75, 3.05) is 6.54 Å². The van der Waals surface area contributed by atoms with E-state index >= 15 is 0 Å². The summed E-state index contributed by atoms with van der Waals surface area (Å²) in [5.41, 5.74) is 1.17. The van der Waals surface area contributed by atoms with Crippen LogP contribution >= 0.6 is 15.9 Å². The van der Waals surface area contributed by atoms with E-state index < -0.39 is 5.82 Å². The number of nitrogens with one attached hydrogen (secondary N) is 1. The van der Waals surface area contributed by atoms with Gasteiger partial charge in [-0.15, -0.1) is 0 Å². The van der Waals surface area contributed by atoms with Gasteiger partial charge in [0.2, 0.25) is 0 Å². The van der Waals surface area contributed by atoms with Crippen molar-refractivity contribution in [1.29, 1.82) is 0 Å². The average Bonchev–Trinajstić information content (AvgIpc) is 2.27. The highest BCUT2D eigenvalue weighted by atomic mass is 79.9. The summed E-state index contributed by atoms with van der Waals surface area (Å²) in [6.07, 6.45) is 0.934. The SMILES string of the molecule is Cc1ccc(F)c(C(=O)NCC(Br)CC(C)(C)C)c1. The number of hydrogen-bond donors (Lipinski definition) is 1. The molecule has 0 radical (unpaired) electrons. The Hall–Kier alpha value is -0.900. The number of alkyl halides is 1. The molecule has 0 aromatic heterocycles. The second kappa shape index (κ2) is 6.51. The van der Waals surface area contributed by atoms with Gasteiger partial charge in [-0.05, 0) is 30.9 Å². The summed E-state index contributed by atoms with van der Waals surface area (Å²) in [6.45, 7) is 8.75. The van der Waals surface area contributed by atoms with Crippen molar-refractivity contribution in [3.63, 3.8) is 0 Å². The molecule has 0 saturated heterocycles. The molecule has 1 N–H and O–H groups in total. The van der Waals surface area contributed by atoms with Crippen molar-refractivity contribution < 1.29 is 9.18 Å². The van der Waals surface area contributed by atoms with Crippen LogP contribution in [0.2, 0.25) is 0 Å². The number of aryl methyl sites for hydroxylation is 1. The van der Waals surface area contributed by atoms with E-state index in [1.807, 2.05) is 6.92 Å². The zero-order valence-corrected chi connectivity index (χ0v) is 13.5. The fraction of sp³-hybridized carbons (Fsp3) is 0.533. The standard InChI is InChI=1S/C15H21BrFNO/c1-10-5-6-13(17)12(7-10)14(19)18-9-11(16)8-15(2,3)4/h5-7,11H,8-9H2,1-4H3,(H,18,19). The highest BCUT2D eigenvalue weighted by Gasteiger charge is 2.18. The van der Waals surface area contributed by atoms with Crippen LogP contribution in [0.5, 0.6) is 0 Å². The Balaban J connectivity index is 2.58. The quantitative estimate of drug-likeness (QED) is 0.829. The largest absolute Gasteiger partial charge is 0.351 e. The molecule has 0 aliphatic rings. The Morgan fingerprint density at radius 3 is 2.63 bits per heavy atom. The zero-order valence-electron chi connectivity index (χ0n) is 11.9. The van der Waals surface area contributed by atoms with Gasteiger partial charge in [-0.2, -0.15) is 0 Å². The third-order valence-corrected chi connectivity index (χ3v) is 3.33. The Kier molecular flexibility index (Phi) is 5.53. The van der Waals surface area contributed by atoms with E-state index in [1.165, 1.54) is 6.07 Å². The van der Waals surface area contributed by atoms with E-state index in [2.05, 4.69) is 42.0 Å². The molecule has 1 aromatic rings. The molecule has 0 heterocycles. The van der Waals surface area contributed by atoms with Crippen LogP contribution in [0.3, 0.4) is 0 Å². The first-order valence-corrected chi connectivity index (χ1v) is 7.29. The van der Waals surface area contributed by atoms with Crippen LogP contribution in [0.1, 0.15) is 43.1 Å². The highest BCUT2D eigenvalue weighted by Crippen LogP contribution is 2.24. The van der Waals surface area contributed by atoms with Crippen molar-refractivity contribution in [3.05, 3.63) is 35.1 Å². The Labute approximate surface area is 122 Å². The first-order valence-electron chi connectivity index (χ1n) is 6.37. The molecular weight excluding hydrogens is 309 g/mol. The predicted octanol–water partition coefficient (Wildman–Crippen LogP) is 4.06. The lowest BCUT2D eigenvalue weighted by Gasteiger charge is -2.22. The lowest BCUT2D eigenvalue weighted by molar-refractivity contribution is 0.0948. The number of hydrogen-bond acceptors (Lipinski definition) is 1. The number of halogens is 2. The minimum atomic E-state index is -0.481. The summed E-state index contributed by atoms with van der Waals surface area (Å²) in [5, 5.41) is 2.76. The van der Waals surface area contributed by atoms with E-state index in [9.17, 15) is 9.18 Å². The molecule has 1 amide bonds. The van der Waals surface area contributed by atoms with Gasteiger partial charge in [0.1, 0.15) is 5.82 Å². The molecule has 19 heavy (non-hydrogen) atoms. The maximum atomic E-state index is 13.5. The van der Waals surface area contributed by atoms with Crippen molar-refractivity contribution in [1.82, 2.24) is 5.32 Å². The van der Waals surface area contributed by atoms with Gasteiger partial charge >= 0.3 is 0 Å². The number of carbonyl (C=O) groups excluding carboxylic acids is 1. The van der Waals surface area contributed by atoms with Crippen LogP contribution in [-0.2, 0) is 0 Å². The van der Waals surface area contributed by atoms with Gasteiger partial charge in [0.15, 0.2) is 0 Å². The molecule has 0 saturated carbocycles. The minimum Gasteiger partial charge on any atom is -0.351 e. The molecule has 1 rings (SSSR count). The van der Waals surface area contributed by atoms with Crippen molar-refractivity contribution >= 4 is 21.8 Å². The van der Waals surface area contributed by atoms with E-state index in [1.54, 1.807) is 12.1 Å². The Morgan fingerprint density at radius 2 is 2.05 bits per heavy atom. The van der Waals surface area contributed by atoms with Crippen LogP contribution in [0.4, 0.5) is 4.39 Å². The number of carbonyl (C=O) groups is 1. The van der Waals surface area contributed by atoms with Crippen LogP contribution in [0.25, 0.3) is 0 Å². The molecule has 2 nitrogen and oxygen atoms in total. The molecule has 4 heteroatoms.